The van der Waals surface area contributed by atoms with Gasteiger partial charge in [0.1, 0.15) is 12.4 Å². The molecule has 0 radical (unpaired) electrons. The molecule has 0 aliphatic heterocycles. The first-order chi connectivity index (χ1) is 17.5. The van der Waals surface area contributed by atoms with E-state index in [1.807, 2.05) is 61.5 Å². The van der Waals surface area contributed by atoms with Crippen LogP contribution in [0, 0.1) is 6.92 Å². The number of aryl methyl sites for hydroxylation is 2. The monoisotopic (exact) mass is 485 g/mol. The van der Waals surface area contributed by atoms with Crippen molar-refractivity contribution in [2.45, 2.75) is 39.4 Å². The van der Waals surface area contributed by atoms with Crippen LogP contribution >= 0.6 is 0 Å². The fraction of sp³-hybridized carbons (Fsp3) is 0.214. The second-order valence-electron chi connectivity index (χ2n) is 8.29. The number of hydrogen-bond acceptors (Lipinski definition) is 7. The summed E-state index contributed by atoms with van der Waals surface area (Å²) in [6.07, 6.45) is -0.728. The van der Waals surface area contributed by atoms with Crippen LogP contribution in [0.2, 0.25) is 0 Å². The molecule has 0 bridgehead atoms. The Bertz CT molecular complexity index is 1290. The molecule has 1 N–H and O–H groups in total. The van der Waals surface area contributed by atoms with Crippen molar-refractivity contribution in [1.29, 1.82) is 0 Å². The van der Waals surface area contributed by atoms with Crippen LogP contribution in [0.1, 0.15) is 30.4 Å². The minimum absolute atomic E-state index is 0.0145. The summed E-state index contributed by atoms with van der Waals surface area (Å²) in [7, 11) is 0. The average Bonchev–Trinajstić information content (AvgIpc) is 3.37. The Balaban J connectivity index is 1.20. The number of hydrogen-bond donors (Lipinski definition) is 1. The van der Waals surface area contributed by atoms with Gasteiger partial charge in [-0.2, -0.15) is 0 Å². The van der Waals surface area contributed by atoms with E-state index in [0.717, 1.165) is 16.7 Å². The molecule has 1 heterocycles. The van der Waals surface area contributed by atoms with Crippen LogP contribution in [-0.2, 0) is 27.4 Å². The number of aromatic nitrogens is 2. The van der Waals surface area contributed by atoms with E-state index >= 15 is 0 Å². The molecule has 4 rings (SSSR count). The summed E-state index contributed by atoms with van der Waals surface area (Å²) in [6, 6.07) is 24.5. The van der Waals surface area contributed by atoms with Gasteiger partial charge in [0.2, 0.25) is 11.8 Å². The highest BCUT2D eigenvalue weighted by Crippen LogP contribution is 2.20. The quantitative estimate of drug-likeness (QED) is 0.311. The lowest BCUT2D eigenvalue weighted by atomic mass is 10.1. The molecule has 36 heavy (non-hydrogen) atoms. The number of carbonyl (C=O) groups is 2. The Morgan fingerprint density at radius 3 is 2.39 bits per heavy atom. The first-order valence-corrected chi connectivity index (χ1v) is 11.6. The van der Waals surface area contributed by atoms with Crippen molar-refractivity contribution in [2.24, 2.45) is 0 Å². The van der Waals surface area contributed by atoms with Gasteiger partial charge in [-0.25, -0.2) is 0 Å². The number of nitrogens with one attached hydrogen (secondary N) is 1. The predicted molar refractivity (Wildman–Crippen MR) is 134 cm³/mol. The SMILES string of the molecule is Cc1ccc(-c2nnc(CCC(=O)OC(C)C(=O)Nc3ccc(OCc4ccccc4)cc3)o2)cc1. The smallest absolute Gasteiger partial charge is 0.307 e. The summed E-state index contributed by atoms with van der Waals surface area (Å²) in [5.74, 6) is 0.442. The van der Waals surface area contributed by atoms with Gasteiger partial charge in [-0.05, 0) is 55.8 Å². The van der Waals surface area contributed by atoms with E-state index in [-0.39, 0.29) is 12.8 Å². The molecule has 0 aliphatic rings. The summed E-state index contributed by atoms with van der Waals surface area (Å²) in [5.41, 5.74) is 3.58. The van der Waals surface area contributed by atoms with Crippen molar-refractivity contribution < 1.29 is 23.5 Å². The van der Waals surface area contributed by atoms with Gasteiger partial charge in [0.25, 0.3) is 5.91 Å². The minimum Gasteiger partial charge on any atom is -0.489 e. The van der Waals surface area contributed by atoms with Crippen LogP contribution in [-0.4, -0.2) is 28.2 Å². The van der Waals surface area contributed by atoms with Crippen LogP contribution in [0.4, 0.5) is 5.69 Å². The minimum atomic E-state index is -0.961. The highest BCUT2D eigenvalue weighted by molar-refractivity contribution is 5.95. The highest BCUT2D eigenvalue weighted by atomic mass is 16.5. The molecule has 0 aliphatic carbocycles. The standard InChI is InChI=1S/C28H27N3O5/c1-19-8-10-22(11-9-19)28-31-30-25(36-28)16-17-26(32)35-20(2)27(33)29-23-12-14-24(15-13-23)34-18-21-6-4-3-5-7-21/h3-15,20H,16-18H2,1-2H3,(H,29,33). The van der Waals surface area contributed by atoms with Crippen LogP contribution in [0.3, 0.4) is 0 Å². The normalized spacial score (nSPS) is 11.5. The molecule has 1 atom stereocenters. The zero-order valence-corrected chi connectivity index (χ0v) is 20.1. The number of nitrogens with zero attached hydrogens (tertiary/aromatic N) is 2. The molecule has 8 nitrogen and oxygen atoms in total. The van der Waals surface area contributed by atoms with Crippen LogP contribution in [0.25, 0.3) is 11.5 Å². The predicted octanol–water partition coefficient (Wildman–Crippen LogP) is 5.13. The van der Waals surface area contributed by atoms with Crippen molar-refractivity contribution in [2.75, 3.05) is 5.32 Å². The van der Waals surface area contributed by atoms with E-state index in [2.05, 4.69) is 15.5 Å². The van der Waals surface area contributed by atoms with Crippen molar-refractivity contribution in [3.8, 4) is 17.2 Å². The van der Waals surface area contributed by atoms with Gasteiger partial charge in [0.15, 0.2) is 6.10 Å². The second-order valence-corrected chi connectivity index (χ2v) is 8.29. The van der Waals surface area contributed by atoms with Crippen LogP contribution in [0.5, 0.6) is 5.75 Å². The van der Waals surface area contributed by atoms with E-state index in [1.54, 1.807) is 24.3 Å². The van der Waals surface area contributed by atoms with E-state index in [1.165, 1.54) is 6.92 Å². The maximum atomic E-state index is 12.4. The van der Waals surface area contributed by atoms with Gasteiger partial charge in [-0.3, -0.25) is 9.59 Å². The van der Waals surface area contributed by atoms with Gasteiger partial charge in [0.05, 0.1) is 6.42 Å². The molecular weight excluding hydrogens is 458 g/mol. The number of amides is 1. The third-order valence-electron chi connectivity index (χ3n) is 5.36. The Kier molecular flexibility index (Phi) is 8.08. The van der Waals surface area contributed by atoms with Crippen molar-refractivity contribution in [3.05, 3.63) is 95.9 Å². The topological polar surface area (TPSA) is 104 Å². The second kappa shape index (κ2) is 11.8. The van der Waals surface area contributed by atoms with E-state index in [9.17, 15) is 9.59 Å². The maximum Gasteiger partial charge on any atom is 0.307 e. The van der Waals surface area contributed by atoms with Crippen LogP contribution in [0.15, 0.2) is 83.3 Å². The fourth-order valence-corrected chi connectivity index (χ4v) is 3.31. The lowest BCUT2D eigenvalue weighted by Gasteiger charge is -2.13. The van der Waals surface area contributed by atoms with Crippen molar-refractivity contribution >= 4 is 17.6 Å². The van der Waals surface area contributed by atoms with Crippen molar-refractivity contribution in [1.82, 2.24) is 10.2 Å². The summed E-state index contributed by atoms with van der Waals surface area (Å²) in [6.45, 7) is 3.97. The molecule has 4 aromatic rings. The number of benzene rings is 3. The largest absolute Gasteiger partial charge is 0.489 e. The van der Waals surface area contributed by atoms with Gasteiger partial charge in [0, 0.05) is 17.7 Å². The first kappa shape index (κ1) is 24.7. The first-order valence-electron chi connectivity index (χ1n) is 11.6. The number of anilines is 1. The zero-order chi connectivity index (χ0) is 25.3. The van der Waals surface area contributed by atoms with Crippen molar-refractivity contribution in [3.63, 3.8) is 0 Å². The Hall–Kier alpha value is -4.46. The number of ether oxygens (including phenoxy) is 2. The maximum absolute atomic E-state index is 12.4. The summed E-state index contributed by atoms with van der Waals surface area (Å²) < 4.78 is 16.6. The molecule has 1 unspecified atom stereocenters. The lowest BCUT2D eigenvalue weighted by Crippen LogP contribution is -2.30. The zero-order valence-electron chi connectivity index (χ0n) is 20.1. The molecule has 0 fully saturated rings. The molecule has 8 heteroatoms. The van der Waals surface area contributed by atoms with Crippen LogP contribution < -0.4 is 10.1 Å². The average molecular weight is 486 g/mol. The Labute approximate surface area is 209 Å². The highest BCUT2D eigenvalue weighted by Gasteiger charge is 2.19. The Morgan fingerprint density at radius 2 is 1.67 bits per heavy atom. The van der Waals surface area contributed by atoms with Gasteiger partial charge >= 0.3 is 5.97 Å². The molecule has 0 saturated carbocycles. The van der Waals surface area contributed by atoms with E-state index in [0.29, 0.717) is 29.8 Å². The fourth-order valence-electron chi connectivity index (χ4n) is 3.31. The van der Waals surface area contributed by atoms with E-state index in [4.69, 9.17) is 13.9 Å². The Morgan fingerprint density at radius 1 is 0.944 bits per heavy atom. The molecule has 184 valence electrons. The van der Waals surface area contributed by atoms with Gasteiger partial charge in [-0.1, -0.05) is 48.0 Å². The molecule has 1 aromatic heterocycles. The number of esters is 1. The number of rotatable bonds is 10. The summed E-state index contributed by atoms with van der Waals surface area (Å²) >= 11 is 0. The summed E-state index contributed by atoms with van der Waals surface area (Å²) in [5, 5.41) is 10.7. The molecule has 1 amide bonds. The van der Waals surface area contributed by atoms with Gasteiger partial charge < -0.3 is 19.2 Å². The molecular formula is C28H27N3O5. The lowest BCUT2D eigenvalue weighted by molar-refractivity contribution is -0.153. The van der Waals surface area contributed by atoms with Gasteiger partial charge in [-0.15, -0.1) is 10.2 Å². The number of carbonyl (C=O) groups excluding carboxylic acids is 2. The third-order valence-corrected chi connectivity index (χ3v) is 5.36. The summed E-state index contributed by atoms with van der Waals surface area (Å²) in [4.78, 5) is 24.7. The molecule has 0 spiro atoms. The third kappa shape index (κ3) is 7.02. The molecule has 0 saturated heterocycles. The van der Waals surface area contributed by atoms with E-state index < -0.39 is 18.0 Å². The molecule has 3 aromatic carbocycles.